The van der Waals surface area contributed by atoms with Crippen molar-refractivity contribution >= 4 is 11.7 Å². The number of nitrogens with zero attached hydrogens (tertiary/aromatic N) is 4. The van der Waals surface area contributed by atoms with Crippen molar-refractivity contribution in [1.82, 2.24) is 14.9 Å². The lowest BCUT2D eigenvalue weighted by Gasteiger charge is -2.33. The molecule has 0 saturated carbocycles. The molecule has 0 spiro atoms. The Balaban J connectivity index is 1.42. The third-order valence-electron chi connectivity index (χ3n) is 5.31. The minimum atomic E-state index is 0.185. The number of carbonyl (C=O) groups excluding carboxylic acids is 1. The van der Waals surface area contributed by atoms with Gasteiger partial charge in [0.1, 0.15) is 12.1 Å². The predicted molar refractivity (Wildman–Crippen MR) is 98.2 cm³/mol. The molecule has 130 valence electrons. The number of benzene rings is 1. The van der Waals surface area contributed by atoms with Crippen LogP contribution < -0.4 is 4.90 Å². The third kappa shape index (κ3) is 3.50. The number of hydrogen-bond acceptors (Lipinski definition) is 4. The van der Waals surface area contributed by atoms with E-state index in [1.165, 1.54) is 0 Å². The van der Waals surface area contributed by atoms with Crippen molar-refractivity contribution in [2.45, 2.75) is 25.7 Å². The fourth-order valence-electron chi connectivity index (χ4n) is 3.84. The molecule has 1 amide bonds. The zero-order chi connectivity index (χ0) is 17.1. The van der Waals surface area contributed by atoms with Gasteiger partial charge in [-0.05, 0) is 25.7 Å². The van der Waals surface area contributed by atoms with Gasteiger partial charge in [-0.1, -0.05) is 30.3 Å². The fraction of sp³-hybridized carbons (Fsp3) is 0.450. The summed E-state index contributed by atoms with van der Waals surface area (Å²) in [5, 5.41) is 0. The SMILES string of the molecule is O=C(C1CCN(c2cc(-c3ccccc3)ncn2)CC1)N1CCCC1. The monoisotopic (exact) mass is 336 g/mol. The van der Waals surface area contributed by atoms with Crippen LogP contribution in [0.2, 0.25) is 0 Å². The number of anilines is 1. The summed E-state index contributed by atoms with van der Waals surface area (Å²) in [5.41, 5.74) is 2.05. The molecule has 2 fully saturated rings. The standard InChI is InChI=1S/C20H24N4O/c25-20(24-10-4-5-11-24)17-8-12-23(13-9-17)19-14-18(21-15-22-19)16-6-2-1-3-7-16/h1-3,6-7,14-15,17H,4-5,8-13H2. The Morgan fingerprint density at radius 1 is 0.960 bits per heavy atom. The second-order valence-corrected chi connectivity index (χ2v) is 6.92. The lowest BCUT2D eigenvalue weighted by atomic mass is 9.95. The van der Waals surface area contributed by atoms with Crippen LogP contribution in [0.25, 0.3) is 11.3 Å². The lowest BCUT2D eigenvalue weighted by Crippen LogP contribution is -2.41. The maximum atomic E-state index is 12.6. The third-order valence-corrected chi connectivity index (χ3v) is 5.31. The molecule has 2 aromatic rings. The summed E-state index contributed by atoms with van der Waals surface area (Å²) in [5.74, 6) is 1.51. The van der Waals surface area contributed by atoms with Crippen molar-refractivity contribution < 1.29 is 4.79 Å². The maximum absolute atomic E-state index is 12.6. The fourth-order valence-corrected chi connectivity index (χ4v) is 3.84. The van der Waals surface area contributed by atoms with Crippen molar-refractivity contribution in [3.05, 3.63) is 42.7 Å². The molecule has 0 bridgehead atoms. The van der Waals surface area contributed by atoms with Crippen molar-refractivity contribution in [2.24, 2.45) is 5.92 Å². The van der Waals surface area contributed by atoms with Crippen molar-refractivity contribution in [3.63, 3.8) is 0 Å². The first-order chi connectivity index (χ1) is 12.3. The summed E-state index contributed by atoms with van der Waals surface area (Å²) in [6.45, 7) is 3.67. The van der Waals surface area contributed by atoms with E-state index in [1.54, 1.807) is 6.33 Å². The van der Waals surface area contributed by atoms with E-state index in [0.717, 1.165) is 68.9 Å². The van der Waals surface area contributed by atoms with Gasteiger partial charge < -0.3 is 9.80 Å². The predicted octanol–water partition coefficient (Wildman–Crippen LogP) is 2.98. The molecule has 0 aliphatic carbocycles. The van der Waals surface area contributed by atoms with Gasteiger partial charge in [-0.3, -0.25) is 4.79 Å². The van der Waals surface area contributed by atoms with Crippen LogP contribution in [-0.4, -0.2) is 47.0 Å². The van der Waals surface area contributed by atoms with Crippen LogP contribution in [0.15, 0.2) is 42.7 Å². The van der Waals surface area contributed by atoms with Gasteiger partial charge in [0.15, 0.2) is 0 Å². The highest BCUT2D eigenvalue weighted by molar-refractivity contribution is 5.79. The van der Waals surface area contributed by atoms with E-state index in [-0.39, 0.29) is 5.92 Å². The Morgan fingerprint density at radius 3 is 2.40 bits per heavy atom. The van der Waals surface area contributed by atoms with Gasteiger partial charge in [-0.25, -0.2) is 9.97 Å². The molecule has 25 heavy (non-hydrogen) atoms. The lowest BCUT2D eigenvalue weighted by molar-refractivity contribution is -0.135. The van der Waals surface area contributed by atoms with Gasteiger partial charge in [0.25, 0.3) is 0 Å². The van der Waals surface area contributed by atoms with Crippen LogP contribution in [0.3, 0.4) is 0 Å². The second kappa shape index (κ2) is 7.21. The highest BCUT2D eigenvalue weighted by atomic mass is 16.2. The Hall–Kier alpha value is -2.43. The Kier molecular flexibility index (Phi) is 4.63. The number of amides is 1. The molecule has 0 N–H and O–H groups in total. The molecular weight excluding hydrogens is 312 g/mol. The molecule has 5 heteroatoms. The molecule has 4 rings (SSSR count). The van der Waals surface area contributed by atoms with Gasteiger partial charge in [0.05, 0.1) is 5.69 Å². The molecule has 0 atom stereocenters. The summed E-state index contributed by atoms with van der Waals surface area (Å²) < 4.78 is 0. The molecular formula is C20H24N4O. The molecule has 1 aromatic carbocycles. The van der Waals surface area contributed by atoms with Gasteiger partial charge in [0.2, 0.25) is 5.91 Å². The van der Waals surface area contributed by atoms with Crippen molar-refractivity contribution in [2.75, 3.05) is 31.1 Å². The molecule has 2 aliphatic rings. The minimum absolute atomic E-state index is 0.185. The van der Waals surface area contributed by atoms with Crippen LogP contribution >= 0.6 is 0 Å². The Morgan fingerprint density at radius 2 is 1.68 bits per heavy atom. The molecule has 0 radical (unpaired) electrons. The van der Waals surface area contributed by atoms with E-state index in [2.05, 4.69) is 38.0 Å². The second-order valence-electron chi connectivity index (χ2n) is 6.92. The van der Waals surface area contributed by atoms with Crippen LogP contribution in [0, 0.1) is 5.92 Å². The molecule has 2 saturated heterocycles. The highest BCUT2D eigenvalue weighted by Crippen LogP contribution is 2.26. The van der Waals surface area contributed by atoms with Crippen molar-refractivity contribution in [1.29, 1.82) is 0 Å². The number of likely N-dealkylation sites (tertiary alicyclic amines) is 1. The van der Waals surface area contributed by atoms with Gasteiger partial charge in [-0.15, -0.1) is 0 Å². The molecule has 5 nitrogen and oxygen atoms in total. The van der Waals surface area contributed by atoms with E-state index in [0.29, 0.717) is 5.91 Å². The first-order valence-electron chi connectivity index (χ1n) is 9.22. The van der Waals surface area contributed by atoms with E-state index in [4.69, 9.17) is 0 Å². The molecule has 2 aliphatic heterocycles. The molecule has 0 unspecified atom stereocenters. The number of carbonyl (C=O) groups is 1. The van der Waals surface area contributed by atoms with Gasteiger partial charge in [0, 0.05) is 43.7 Å². The number of hydrogen-bond donors (Lipinski definition) is 0. The summed E-state index contributed by atoms with van der Waals surface area (Å²) in [7, 11) is 0. The minimum Gasteiger partial charge on any atom is -0.356 e. The number of aromatic nitrogens is 2. The van der Waals surface area contributed by atoms with E-state index in [1.807, 2.05) is 18.2 Å². The van der Waals surface area contributed by atoms with Gasteiger partial charge in [-0.2, -0.15) is 0 Å². The number of piperidine rings is 1. The molecule has 3 heterocycles. The van der Waals surface area contributed by atoms with E-state index in [9.17, 15) is 4.79 Å². The largest absolute Gasteiger partial charge is 0.356 e. The summed E-state index contributed by atoms with van der Waals surface area (Å²) in [6, 6.07) is 12.2. The first-order valence-corrected chi connectivity index (χ1v) is 9.22. The van der Waals surface area contributed by atoms with Gasteiger partial charge >= 0.3 is 0 Å². The van der Waals surface area contributed by atoms with Crippen LogP contribution in [0.1, 0.15) is 25.7 Å². The van der Waals surface area contributed by atoms with Crippen molar-refractivity contribution in [3.8, 4) is 11.3 Å². The quantitative estimate of drug-likeness (QED) is 0.865. The summed E-state index contributed by atoms with van der Waals surface area (Å²) >= 11 is 0. The average molecular weight is 336 g/mol. The zero-order valence-corrected chi connectivity index (χ0v) is 14.5. The average Bonchev–Trinajstić information content (AvgIpc) is 3.23. The van der Waals surface area contributed by atoms with E-state index < -0.39 is 0 Å². The normalized spacial score (nSPS) is 18.6. The molecule has 1 aromatic heterocycles. The Bertz CT molecular complexity index is 719. The highest BCUT2D eigenvalue weighted by Gasteiger charge is 2.30. The van der Waals surface area contributed by atoms with Crippen LogP contribution in [-0.2, 0) is 4.79 Å². The summed E-state index contributed by atoms with van der Waals surface area (Å²) in [4.78, 5) is 25.8. The van der Waals surface area contributed by atoms with Crippen LogP contribution in [0.5, 0.6) is 0 Å². The van der Waals surface area contributed by atoms with Crippen LogP contribution in [0.4, 0.5) is 5.82 Å². The number of rotatable bonds is 3. The van der Waals surface area contributed by atoms with E-state index >= 15 is 0 Å². The maximum Gasteiger partial charge on any atom is 0.225 e. The zero-order valence-electron chi connectivity index (χ0n) is 14.5. The first kappa shape index (κ1) is 16.1. The Labute approximate surface area is 148 Å². The summed E-state index contributed by atoms with van der Waals surface area (Å²) in [6.07, 6.45) is 5.79. The smallest absolute Gasteiger partial charge is 0.225 e. The topological polar surface area (TPSA) is 49.3 Å².